The maximum Gasteiger partial charge on any atom is 0.311 e. The summed E-state index contributed by atoms with van der Waals surface area (Å²) < 4.78 is 5.03. The topological polar surface area (TPSA) is 104 Å². The van der Waals surface area contributed by atoms with Crippen molar-refractivity contribution in [2.45, 2.75) is 38.6 Å². The quantitative estimate of drug-likeness (QED) is 0.766. The molecule has 1 heterocycles. The van der Waals surface area contributed by atoms with Crippen molar-refractivity contribution in [2.24, 2.45) is 5.41 Å². The number of ether oxygens (including phenoxy) is 1. The maximum atomic E-state index is 11.6. The zero-order valence-corrected chi connectivity index (χ0v) is 11.6. The highest BCUT2D eigenvalue weighted by molar-refractivity contribution is 5.76. The van der Waals surface area contributed by atoms with Gasteiger partial charge in [-0.3, -0.25) is 9.59 Å². The van der Waals surface area contributed by atoms with Crippen molar-refractivity contribution in [3.63, 3.8) is 0 Å². The average Bonchev–Trinajstić information content (AvgIpc) is 2.41. The van der Waals surface area contributed by atoms with Crippen LogP contribution in [-0.2, 0) is 4.79 Å². The van der Waals surface area contributed by atoms with E-state index in [-0.39, 0.29) is 17.6 Å². The Bertz CT molecular complexity index is 557. The van der Waals surface area contributed by atoms with Crippen molar-refractivity contribution in [2.75, 3.05) is 12.4 Å². The number of rotatable bonds is 4. The molecule has 1 aromatic heterocycles. The van der Waals surface area contributed by atoms with Crippen LogP contribution < -0.4 is 15.6 Å². The lowest BCUT2D eigenvalue weighted by Gasteiger charge is -2.38. The molecule has 2 atom stereocenters. The summed E-state index contributed by atoms with van der Waals surface area (Å²) in [4.78, 5) is 29.6. The van der Waals surface area contributed by atoms with Crippen molar-refractivity contribution in [1.29, 1.82) is 0 Å². The zero-order valence-electron chi connectivity index (χ0n) is 11.6. The first-order valence-electron chi connectivity index (χ1n) is 6.60. The highest BCUT2D eigenvalue weighted by Crippen LogP contribution is 2.38. The smallest absolute Gasteiger partial charge is 0.311 e. The second kappa shape index (κ2) is 5.52. The fraction of sp³-hybridized carbons (Fsp3) is 0.615. The Kier molecular flexibility index (Phi) is 3.96. The first kappa shape index (κ1) is 14.4. The second-order valence-corrected chi connectivity index (χ2v) is 5.28. The van der Waals surface area contributed by atoms with Gasteiger partial charge in [0, 0.05) is 6.04 Å². The van der Waals surface area contributed by atoms with Crippen LogP contribution in [0, 0.1) is 5.41 Å². The Morgan fingerprint density at radius 3 is 3.00 bits per heavy atom. The molecular formula is C13H19N3O4. The molecule has 110 valence electrons. The summed E-state index contributed by atoms with van der Waals surface area (Å²) in [6, 6.07) is -0.281. The number of hydrogen-bond acceptors (Lipinski definition) is 5. The number of methoxy groups -OCH3 is 1. The van der Waals surface area contributed by atoms with Crippen LogP contribution in [0.1, 0.15) is 32.6 Å². The summed E-state index contributed by atoms with van der Waals surface area (Å²) in [5.74, 6) is -0.472. The van der Waals surface area contributed by atoms with E-state index < -0.39 is 16.9 Å². The number of carboxylic acid groups (broad SMARTS) is 1. The summed E-state index contributed by atoms with van der Waals surface area (Å²) in [6.07, 6.45) is 4.44. The third kappa shape index (κ3) is 2.48. The molecule has 0 amide bonds. The van der Waals surface area contributed by atoms with Gasteiger partial charge in [0.1, 0.15) is 0 Å². The molecule has 3 N–H and O–H groups in total. The van der Waals surface area contributed by atoms with Crippen LogP contribution in [-0.4, -0.2) is 34.2 Å². The summed E-state index contributed by atoms with van der Waals surface area (Å²) in [5, 5.41) is 12.5. The molecule has 7 nitrogen and oxygen atoms in total. The molecule has 0 saturated heterocycles. The zero-order chi connectivity index (χ0) is 14.8. The van der Waals surface area contributed by atoms with E-state index in [4.69, 9.17) is 4.74 Å². The van der Waals surface area contributed by atoms with Crippen LogP contribution in [0.3, 0.4) is 0 Å². The van der Waals surface area contributed by atoms with E-state index in [1.165, 1.54) is 13.4 Å². The molecule has 1 aliphatic carbocycles. The lowest BCUT2D eigenvalue weighted by Crippen LogP contribution is -2.47. The van der Waals surface area contributed by atoms with Crippen molar-refractivity contribution in [3.05, 3.63) is 16.7 Å². The van der Waals surface area contributed by atoms with E-state index in [1.807, 2.05) is 0 Å². The van der Waals surface area contributed by atoms with Crippen molar-refractivity contribution in [1.82, 2.24) is 9.97 Å². The lowest BCUT2D eigenvalue weighted by atomic mass is 9.71. The minimum Gasteiger partial charge on any atom is -0.489 e. The molecule has 1 aliphatic rings. The molecule has 0 bridgehead atoms. The lowest BCUT2D eigenvalue weighted by molar-refractivity contribution is -0.150. The minimum atomic E-state index is -0.868. The molecule has 1 aromatic rings. The fourth-order valence-electron chi connectivity index (χ4n) is 2.67. The Morgan fingerprint density at radius 1 is 1.60 bits per heavy atom. The van der Waals surface area contributed by atoms with Gasteiger partial charge in [-0.1, -0.05) is 12.8 Å². The number of H-pyrrole nitrogens is 1. The monoisotopic (exact) mass is 281 g/mol. The van der Waals surface area contributed by atoms with Crippen LogP contribution in [0.4, 0.5) is 5.82 Å². The highest BCUT2D eigenvalue weighted by Gasteiger charge is 2.43. The minimum absolute atomic E-state index is 0.0748. The number of nitrogens with zero attached hydrogens (tertiary/aromatic N) is 1. The Hall–Kier alpha value is -2.05. The summed E-state index contributed by atoms with van der Waals surface area (Å²) >= 11 is 0. The van der Waals surface area contributed by atoms with Crippen molar-refractivity contribution < 1.29 is 14.6 Å². The number of aromatic amines is 1. The normalized spacial score (nSPS) is 26.0. The SMILES string of the molecule is COc1c(NC2CCCCC2(C)C(=O)O)nc[nH]c1=O. The summed E-state index contributed by atoms with van der Waals surface area (Å²) in [6.45, 7) is 1.73. The molecule has 0 spiro atoms. The van der Waals surface area contributed by atoms with Crippen LogP contribution in [0.15, 0.2) is 11.1 Å². The average molecular weight is 281 g/mol. The van der Waals surface area contributed by atoms with Gasteiger partial charge in [0.15, 0.2) is 5.82 Å². The van der Waals surface area contributed by atoms with E-state index in [2.05, 4.69) is 15.3 Å². The van der Waals surface area contributed by atoms with Crippen LogP contribution in [0.25, 0.3) is 0 Å². The molecule has 2 rings (SSSR count). The van der Waals surface area contributed by atoms with E-state index in [0.29, 0.717) is 6.42 Å². The second-order valence-electron chi connectivity index (χ2n) is 5.28. The number of carbonyl (C=O) groups is 1. The van der Waals surface area contributed by atoms with Crippen molar-refractivity contribution >= 4 is 11.8 Å². The van der Waals surface area contributed by atoms with Crippen LogP contribution >= 0.6 is 0 Å². The molecule has 1 saturated carbocycles. The molecule has 0 aromatic carbocycles. The van der Waals surface area contributed by atoms with Gasteiger partial charge in [0.05, 0.1) is 18.9 Å². The highest BCUT2D eigenvalue weighted by atomic mass is 16.5. The van der Waals surface area contributed by atoms with Gasteiger partial charge in [-0.05, 0) is 19.8 Å². The first-order chi connectivity index (χ1) is 9.49. The van der Waals surface area contributed by atoms with Crippen LogP contribution in [0.5, 0.6) is 5.75 Å². The standard InChI is InChI=1S/C13H19N3O4/c1-13(12(18)19)6-4-3-5-8(13)16-10-9(20-2)11(17)15-7-14-10/h7-8H,3-6H2,1-2H3,(H,18,19)(H2,14,15,16,17). The largest absolute Gasteiger partial charge is 0.489 e. The molecule has 1 fully saturated rings. The molecule has 2 unspecified atom stereocenters. The third-order valence-corrected chi connectivity index (χ3v) is 4.02. The third-order valence-electron chi connectivity index (χ3n) is 4.02. The van der Waals surface area contributed by atoms with E-state index in [1.54, 1.807) is 6.92 Å². The number of carboxylic acids is 1. The first-order valence-corrected chi connectivity index (χ1v) is 6.60. The Labute approximate surface area is 116 Å². The van der Waals surface area contributed by atoms with E-state index in [0.717, 1.165) is 19.3 Å². The number of aliphatic carboxylic acids is 1. The summed E-state index contributed by atoms with van der Waals surface area (Å²) in [7, 11) is 1.38. The van der Waals surface area contributed by atoms with Gasteiger partial charge >= 0.3 is 5.97 Å². The van der Waals surface area contributed by atoms with E-state index >= 15 is 0 Å². The van der Waals surface area contributed by atoms with Gasteiger partial charge in [0.25, 0.3) is 5.56 Å². The van der Waals surface area contributed by atoms with Crippen LogP contribution in [0.2, 0.25) is 0 Å². The Morgan fingerprint density at radius 2 is 2.35 bits per heavy atom. The molecule has 20 heavy (non-hydrogen) atoms. The van der Waals surface area contributed by atoms with Gasteiger partial charge in [-0.25, -0.2) is 4.98 Å². The summed E-state index contributed by atoms with van der Waals surface area (Å²) in [5.41, 5.74) is -1.26. The van der Waals surface area contributed by atoms with Gasteiger partial charge in [-0.15, -0.1) is 0 Å². The van der Waals surface area contributed by atoms with E-state index in [9.17, 15) is 14.7 Å². The maximum absolute atomic E-state index is 11.6. The molecular weight excluding hydrogens is 262 g/mol. The number of nitrogens with one attached hydrogen (secondary N) is 2. The van der Waals surface area contributed by atoms with Gasteiger partial charge < -0.3 is 20.1 Å². The molecule has 0 radical (unpaired) electrons. The Balaban J connectivity index is 2.30. The predicted octanol–water partition coefficient (Wildman–Crippen LogP) is 1.22. The van der Waals surface area contributed by atoms with Gasteiger partial charge in [-0.2, -0.15) is 0 Å². The number of aromatic nitrogens is 2. The molecule has 7 heteroatoms. The number of anilines is 1. The predicted molar refractivity (Wildman–Crippen MR) is 73.0 cm³/mol. The number of hydrogen-bond donors (Lipinski definition) is 3. The fourth-order valence-corrected chi connectivity index (χ4v) is 2.67. The molecule has 0 aliphatic heterocycles. The van der Waals surface area contributed by atoms with Gasteiger partial charge in [0.2, 0.25) is 5.75 Å². The van der Waals surface area contributed by atoms with Crippen molar-refractivity contribution in [3.8, 4) is 5.75 Å².